The van der Waals surface area contributed by atoms with Gasteiger partial charge in [-0.05, 0) is 28.7 Å². The van der Waals surface area contributed by atoms with Crippen LogP contribution >= 0.6 is 22.6 Å². The number of aliphatic hydroxyl groups excluding tert-OH is 1. The van der Waals surface area contributed by atoms with Crippen molar-refractivity contribution in [3.8, 4) is 5.75 Å². The van der Waals surface area contributed by atoms with Crippen molar-refractivity contribution in [2.75, 3.05) is 5.73 Å². The van der Waals surface area contributed by atoms with E-state index >= 15 is 0 Å². The number of alkyl halides is 3. The zero-order chi connectivity index (χ0) is 11.6. The number of nitrogens with zero attached hydrogens (tertiary/aromatic N) is 1. The van der Waals surface area contributed by atoms with Gasteiger partial charge in [-0.25, -0.2) is 4.98 Å². The minimum absolute atomic E-state index is 0.0472. The number of nitrogens with two attached hydrogens (primary N) is 1. The van der Waals surface area contributed by atoms with Crippen LogP contribution in [0.3, 0.4) is 0 Å². The summed E-state index contributed by atoms with van der Waals surface area (Å²) in [6.45, 7) is -0.396. The third-order valence-corrected chi connectivity index (χ3v) is 2.12. The molecule has 15 heavy (non-hydrogen) atoms. The lowest BCUT2D eigenvalue weighted by molar-refractivity contribution is -0.274. The van der Waals surface area contributed by atoms with Crippen molar-refractivity contribution < 1.29 is 23.0 Å². The Morgan fingerprint density at radius 1 is 1.53 bits per heavy atom. The molecule has 8 heteroatoms. The Labute approximate surface area is 96.4 Å². The maximum Gasteiger partial charge on any atom is 0.573 e. The summed E-state index contributed by atoms with van der Waals surface area (Å²) < 4.78 is 39.4. The van der Waals surface area contributed by atoms with E-state index < -0.39 is 18.7 Å². The summed E-state index contributed by atoms with van der Waals surface area (Å²) in [4.78, 5) is 3.67. The lowest BCUT2D eigenvalue weighted by Gasteiger charge is -2.12. The molecule has 0 radical (unpaired) electrons. The summed E-state index contributed by atoms with van der Waals surface area (Å²) >= 11 is 1.55. The van der Waals surface area contributed by atoms with Crippen LogP contribution in [0.15, 0.2) is 6.07 Å². The molecule has 0 unspecified atom stereocenters. The fourth-order valence-corrected chi connectivity index (χ4v) is 1.60. The molecule has 0 atom stereocenters. The van der Waals surface area contributed by atoms with Gasteiger partial charge in [0.2, 0.25) is 0 Å². The smallest absolute Gasteiger partial charge is 0.401 e. The van der Waals surface area contributed by atoms with Gasteiger partial charge in [-0.1, -0.05) is 0 Å². The number of anilines is 1. The third-order valence-electron chi connectivity index (χ3n) is 1.39. The first-order valence-corrected chi connectivity index (χ1v) is 4.73. The summed E-state index contributed by atoms with van der Waals surface area (Å²) in [6.07, 6.45) is -4.81. The molecule has 0 aliphatic carbocycles. The van der Waals surface area contributed by atoms with Crippen molar-refractivity contribution in [3.05, 3.63) is 15.5 Å². The van der Waals surface area contributed by atoms with E-state index in [0.29, 0.717) is 0 Å². The number of aromatic nitrogens is 1. The number of rotatable bonds is 2. The molecular formula is C7H6F3IN2O2. The Bertz CT molecular complexity index is 347. The Hall–Kier alpha value is -0.770. The summed E-state index contributed by atoms with van der Waals surface area (Å²) in [7, 11) is 0. The lowest BCUT2D eigenvalue weighted by Crippen LogP contribution is -2.19. The molecule has 1 heterocycles. The molecule has 84 valence electrons. The predicted molar refractivity (Wildman–Crippen MR) is 54.0 cm³/mol. The number of pyridine rings is 1. The highest BCUT2D eigenvalue weighted by molar-refractivity contribution is 14.1. The topological polar surface area (TPSA) is 68.4 Å². The van der Waals surface area contributed by atoms with Gasteiger partial charge in [0.1, 0.15) is 3.70 Å². The SMILES string of the molecule is Nc1cc(CO)nc(I)c1OC(F)(F)F. The van der Waals surface area contributed by atoms with Crippen molar-refractivity contribution in [1.82, 2.24) is 4.98 Å². The molecule has 3 N–H and O–H groups in total. The molecule has 0 aliphatic rings. The maximum absolute atomic E-state index is 11.9. The van der Waals surface area contributed by atoms with Crippen LogP contribution in [0.25, 0.3) is 0 Å². The number of nitrogen functional groups attached to an aromatic ring is 1. The first kappa shape index (κ1) is 12.3. The number of hydrogen-bond acceptors (Lipinski definition) is 4. The van der Waals surface area contributed by atoms with Crippen LogP contribution in [0.5, 0.6) is 5.75 Å². The van der Waals surface area contributed by atoms with E-state index in [0.717, 1.165) is 6.07 Å². The predicted octanol–water partition coefficient (Wildman–Crippen LogP) is 1.66. The monoisotopic (exact) mass is 334 g/mol. The van der Waals surface area contributed by atoms with Crippen LogP contribution in [-0.2, 0) is 6.61 Å². The van der Waals surface area contributed by atoms with E-state index in [2.05, 4.69) is 9.72 Å². The Morgan fingerprint density at radius 3 is 2.53 bits per heavy atom. The van der Waals surface area contributed by atoms with Gasteiger partial charge in [-0.2, -0.15) is 0 Å². The second kappa shape index (κ2) is 4.39. The van der Waals surface area contributed by atoms with Crippen LogP contribution in [0.4, 0.5) is 18.9 Å². The molecule has 1 rings (SSSR count). The quantitative estimate of drug-likeness (QED) is 0.638. The maximum atomic E-state index is 11.9. The second-order valence-electron chi connectivity index (χ2n) is 2.53. The summed E-state index contributed by atoms with van der Waals surface area (Å²) in [6, 6.07) is 1.13. The Morgan fingerprint density at radius 2 is 2.13 bits per heavy atom. The normalized spacial score (nSPS) is 11.5. The number of hydrogen-bond donors (Lipinski definition) is 2. The van der Waals surface area contributed by atoms with Gasteiger partial charge in [-0.3, -0.25) is 0 Å². The number of ether oxygens (including phenoxy) is 1. The molecule has 0 spiro atoms. The first-order chi connectivity index (χ1) is 6.83. The largest absolute Gasteiger partial charge is 0.573 e. The Balaban J connectivity index is 3.09. The highest BCUT2D eigenvalue weighted by atomic mass is 127. The van der Waals surface area contributed by atoms with Gasteiger partial charge in [0.15, 0.2) is 5.75 Å². The molecule has 0 aliphatic heterocycles. The van der Waals surface area contributed by atoms with Crippen LogP contribution in [-0.4, -0.2) is 16.5 Å². The zero-order valence-corrected chi connectivity index (χ0v) is 9.33. The first-order valence-electron chi connectivity index (χ1n) is 3.65. The number of halogens is 4. The molecule has 0 bridgehead atoms. The van der Waals surface area contributed by atoms with E-state index in [-0.39, 0.29) is 15.1 Å². The fourth-order valence-electron chi connectivity index (χ4n) is 0.871. The Kier molecular flexibility index (Phi) is 3.60. The minimum Gasteiger partial charge on any atom is -0.401 e. The lowest BCUT2D eigenvalue weighted by atomic mass is 10.3. The van der Waals surface area contributed by atoms with E-state index in [1.807, 2.05) is 0 Å². The van der Waals surface area contributed by atoms with Crippen LogP contribution in [0, 0.1) is 3.70 Å². The highest BCUT2D eigenvalue weighted by Gasteiger charge is 2.33. The molecule has 0 aromatic carbocycles. The molecular weight excluding hydrogens is 328 g/mol. The molecule has 0 saturated carbocycles. The van der Waals surface area contributed by atoms with Gasteiger partial charge < -0.3 is 15.6 Å². The molecule has 1 aromatic rings. The van der Waals surface area contributed by atoms with Crippen molar-refractivity contribution >= 4 is 28.3 Å². The molecule has 4 nitrogen and oxygen atoms in total. The van der Waals surface area contributed by atoms with E-state index in [1.165, 1.54) is 0 Å². The second-order valence-corrected chi connectivity index (χ2v) is 3.55. The zero-order valence-electron chi connectivity index (χ0n) is 7.18. The molecule has 0 amide bonds. The highest BCUT2D eigenvalue weighted by Crippen LogP contribution is 2.32. The van der Waals surface area contributed by atoms with Gasteiger partial charge in [0.05, 0.1) is 18.0 Å². The van der Waals surface area contributed by atoms with Crippen molar-refractivity contribution in [2.24, 2.45) is 0 Å². The van der Waals surface area contributed by atoms with Crippen LogP contribution < -0.4 is 10.5 Å². The average Bonchev–Trinajstić information content (AvgIpc) is 2.09. The van der Waals surface area contributed by atoms with Crippen LogP contribution in [0.1, 0.15) is 5.69 Å². The van der Waals surface area contributed by atoms with E-state index in [1.54, 1.807) is 22.6 Å². The molecule has 1 aromatic heterocycles. The summed E-state index contributed by atoms with van der Waals surface area (Å²) in [5.74, 6) is -0.541. The average molecular weight is 334 g/mol. The summed E-state index contributed by atoms with van der Waals surface area (Å²) in [5, 5.41) is 8.73. The van der Waals surface area contributed by atoms with Crippen LogP contribution in [0.2, 0.25) is 0 Å². The summed E-state index contributed by atoms with van der Waals surface area (Å²) in [5.41, 5.74) is 5.30. The molecule has 0 fully saturated rings. The standard InChI is InChI=1S/C7H6F3IN2O2/c8-7(9,10)15-5-4(12)1-3(2-14)13-6(5)11/h1,14H,2H2,(H2,12,13). The number of aliphatic hydroxyl groups is 1. The van der Waals surface area contributed by atoms with Gasteiger partial charge in [0, 0.05) is 0 Å². The van der Waals surface area contributed by atoms with Gasteiger partial charge in [-0.15, -0.1) is 13.2 Å². The van der Waals surface area contributed by atoms with E-state index in [9.17, 15) is 13.2 Å². The van der Waals surface area contributed by atoms with E-state index in [4.69, 9.17) is 10.8 Å². The van der Waals surface area contributed by atoms with Crippen molar-refractivity contribution in [1.29, 1.82) is 0 Å². The minimum atomic E-state index is -4.81. The fraction of sp³-hybridized carbons (Fsp3) is 0.286. The van der Waals surface area contributed by atoms with Crippen molar-refractivity contribution in [2.45, 2.75) is 13.0 Å². The van der Waals surface area contributed by atoms with Gasteiger partial charge in [0.25, 0.3) is 0 Å². The molecule has 0 saturated heterocycles. The third kappa shape index (κ3) is 3.38. The van der Waals surface area contributed by atoms with Crippen molar-refractivity contribution in [3.63, 3.8) is 0 Å². The van der Waals surface area contributed by atoms with Gasteiger partial charge >= 0.3 is 6.36 Å².